The summed E-state index contributed by atoms with van der Waals surface area (Å²) in [5.74, 6) is 0.288. The van der Waals surface area contributed by atoms with Crippen molar-refractivity contribution in [2.24, 2.45) is 5.92 Å². The first-order valence-corrected chi connectivity index (χ1v) is 11.3. The van der Waals surface area contributed by atoms with E-state index in [1.165, 1.54) is 11.1 Å². The van der Waals surface area contributed by atoms with Crippen molar-refractivity contribution < 1.29 is 9.59 Å². The lowest BCUT2D eigenvalue weighted by molar-refractivity contribution is -0.117. The van der Waals surface area contributed by atoms with Crippen molar-refractivity contribution in [2.45, 2.75) is 51.7 Å². The van der Waals surface area contributed by atoms with Gasteiger partial charge in [-0.05, 0) is 61.9 Å². The average Bonchev–Trinajstić information content (AvgIpc) is 3.63. The molecule has 0 spiro atoms. The lowest BCUT2D eigenvalue weighted by Crippen LogP contribution is -2.47. The SMILES string of the molecule is C[C@@H](NC(=O)NC[C@H](C)N1CCc2ccccc2C1)c1ccc(NC(=O)C2CC2)cc1. The third kappa shape index (κ3) is 5.64. The molecule has 1 aliphatic heterocycles. The zero-order valence-corrected chi connectivity index (χ0v) is 18.4. The van der Waals surface area contributed by atoms with Gasteiger partial charge in [0.05, 0.1) is 6.04 Å². The summed E-state index contributed by atoms with van der Waals surface area (Å²) in [6.07, 6.45) is 3.04. The largest absolute Gasteiger partial charge is 0.337 e. The molecule has 164 valence electrons. The molecule has 0 unspecified atom stereocenters. The zero-order valence-electron chi connectivity index (χ0n) is 18.4. The Morgan fingerprint density at radius 1 is 1.03 bits per heavy atom. The van der Waals surface area contributed by atoms with Crippen LogP contribution in [-0.2, 0) is 17.8 Å². The summed E-state index contributed by atoms with van der Waals surface area (Å²) >= 11 is 0. The van der Waals surface area contributed by atoms with Gasteiger partial charge in [0.1, 0.15) is 0 Å². The van der Waals surface area contributed by atoms with Crippen LogP contribution < -0.4 is 16.0 Å². The van der Waals surface area contributed by atoms with Crippen molar-refractivity contribution >= 4 is 17.6 Å². The normalized spacial score (nSPS) is 17.9. The van der Waals surface area contributed by atoms with Crippen molar-refractivity contribution in [2.75, 3.05) is 18.4 Å². The highest BCUT2D eigenvalue weighted by molar-refractivity contribution is 5.94. The van der Waals surface area contributed by atoms with Gasteiger partial charge in [0.15, 0.2) is 0 Å². The third-order valence-electron chi connectivity index (χ3n) is 6.32. The minimum absolute atomic E-state index is 0.101. The van der Waals surface area contributed by atoms with E-state index < -0.39 is 0 Å². The van der Waals surface area contributed by atoms with E-state index in [-0.39, 0.29) is 29.9 Å². The molecule has 6 heteroatoms. The summed E-state index contributed by atoms with van der Waals surface area (Å²) in [6, 6.07) is 16.2. The number of fused-ring (bicyclic) bond motifs is 1. The predicted molar refractivity (Wildman–Crippen MR) is 123 cm³/mol. The molecule has 0 bridgehead atoms. The van der Waals surface area contributed by atoms with Gasteiger partial charge in [-0.15, -0.1) is 0 Å². The number of nitrogens with zero attached hydrogens (tertiary/aromatic N) is 1. The Labute approximate surface area is 184 Å². The first-order chi connectivity index (χ1) is 15.0. The highest BCUT2D eigenvalue weighted by atomic mass is 16.2. The second kappa shape index (κ2) is 9.52. The number of hydrogen-bond donors (Lipinski definition) is 3. The standard InChI is InChI=1S/C25H32N4O2/c1-17(29-14-13-20-5-3-4-6-22(20)16-29)15-26-25(31)27-18(2)19-9-11-23(12-10-19)28-24(30)21-7-8-21/h3-6,9-12,17-18,21H,7-8,13-16H2,1-2H3,(H,28,30)(H2,26,27,31)/t17-,18+/m0/s1. The van der Waals surface area contributed by atoms with Gasteiger partial charge in [-0.1, -0.05) is 36.4 Å². The fraction of sp³-hybridized carbons (Fsp3) is 0.440. The second-order valence-electron chi connectivity index (χ2n) is 8.80. The molecule has 2 atom stereocenters. The fourth-order valence-corrected chi connectivity index (χ4v) is 4.04. The van der Waals surface area contributed by atoms with Crippen molar-refractivity contribution in [3.8, 4) is 0 Å². The lowest BCUT2D eigenvalue weighted by Gasteiger charge is -2.33. The van der Waals surface area contributed by atoms with Gasteiger partial charge in [0, 0.05) is 37.3 Å². The lowest BCUT2D eigenvalue weighted by atomic mass is 9.99. The van der Waals surface area contributed by atoms with E-state index in [9.17, 15) is 9.59 Å². The van der Waals surface area contributed by atoms with Crippen LogP contribution in [0.4, 0.5) is 10.5 Å². The minimum Gasteiger partial charge on any atom is -0.337 e. The van der Waals surface area contributed by atoms with Gasteiger partial charge in [-0.2, -0.15) is 0 Å². The van der Waals surface area contributed by atoms with Gasteiger partial charge in [0.2, 0.25) is 5.91 Å². The highest BCUT2D eigenvalue weighted by Gasteiger charge is 2.29. The summed E-state index contributed by atoms with van der Waals surface area (Å²) in [7, 11) is 0. The van der Waals surface area contributed by atoms with Crippen molar-refractivity contribution in [3.05, 3.63) is 65.2 Å². The molecule has 6 nitrogen and oxygen atoms in total. The predicted octanol–water partition coefficient (Wildman–Crippen LogP) is 3.84. The Balaban J connectivity index is 1.21. The number of amides is 3. The van der Waals surface area contributed by atoms with Crippen molar-refractivity contribution in [1.82, 2.24) is 15.5 Å². The monoisotopic (exact) mass is 420 g/mol. The van der Waals surface area contributed by atoms with E-state index in [0.29, 0.717) is 6.54 Å². The Morgan fingerprint density at radius 2 is 1.74 bits per heavy atom. The van der Waals surface area contributed by atoms with Gasteiger partial charge in [0.25, 0.3) is 0 Å². The fourth-order valence-electron chi connectivity index (χ4n) is 4.04. The number of hydrogen-bond acceptors (Lipinski definition) is 3. The third-order valence-corrected chi connectivity index (χ3v) is 6.32. The summed E-state index contributed by atoms with van der Waals surface area (Å²) in [5.41, 5.74) is 4.62. The smallest absolute Gasteiger partial charge is 0.315 e. The first kappa shape index (κ1) is 21.4. The summed E-state index contributed by atoms with van der Waals surface area (Å²) in [6.45, 7) is 6.67. The molecule has 1 aliphatic carbocycles. The molecule has 0 saturated heterocycles. The van der Waals surface area contributed by atoms with E-state index in [1.54, 1.807) is 0 Å². The van der Waals surface area contributed by atoms with Crippen molar-refractivity contribution in [3.63, 3.8) is 0 Å². The molecule has 4 rings (SSSR count). The summed E-state index contributed by atoms with van der Waals surface area (Å²) in [4.78, 5) is 26.7. The van der Waals surface area contributed by atoms with Crippen LogP contribution in [-0.4, -0.2) is 36.0 Å². The van der Waals surface area contributed by atoms with E-state index in [1.807, 2.05) is 31.2 Å². The number of carbonyl (C=O) groups is 2. The van der Waals surface area contributed by atoms with Crippen LogP contribution in [0.15, 0.2) is 48.5 Å². The molecule has 3 amide bonds. The Hall–Kier alpha value is -2.86. The molecule has 0 radical (unpaired) electrons. The molecule has 1 saturated carbocycles. The van der Waals surface area contributed by atoms with Crippen LogP contribution in [0.5, 0.6) is 0 Å². The molecule has 2 aromatic rings. The van der Waals surface area contributed by atoms with Gasteiger partial charge >= 0.3 is 6.03 Å². The highest BCUT2D eigenvalue weighted by Crippen LogP contribution is 2.30. The molecule has 0 aromatic heterocycles. The van der Waals surface area contributed by atoms with E-state index in [4.69, 9.17) is 0 Å². The Bertz CT molecular complexity index is 923. The van der Waals surface area contributed by atoms with E-state index in [2.05, 4.69) is 52.0 Å². The average molecular weight is 421 g/mol. The number of benzene rings is 2. The number of rotatable bonds is 7. The second-order valence-corrected chi connectivity index (χ2v) is 8.80. The zero-order chi connectivity index (χ0) is 21.8. The van der Waals surface area contributed by atoms with Crippen LogP contribution >= 0.6 is 0 Å². The maximum absolute atomic E-state index is 12.4. The maximum atomic E-state index is 12.4. The van der Waals surface area contributed by atoms with Gasteiger partial charge in [-0.25, -0.2) is 4.79 Å². The van der Waals surface area contributed by atoms with Gasteiger partial charge < -0.3 is 16.0 Å². The molecule has 1 heterocycles. The number of carbonyl (C=O) groups excluding carboxylic acids is 2. The van der Waals surface area contributed by atoms with Crippen LogP contribution in [0.2, 0.25) is 0 Å². The van der Waals surface area contributed by atoms with Crippen LogP contribution in [0.3, 0.4) is 0 Å². The van der Waals surface area contributed by atoms with E-state index in [0.717, 1.165) is 43.6 Å². The number of nitrogens with one attached hydrogen (secondary N) is 3. The maximum Gasteiger partial charge on any atom is 0.315 e. The van der Waals surface area contributed by atoms with Crippen LogP contribution in [0, 0.1) is 5.92 Å². The molecular weight excluding hydrogens is 388 g/mol. The first-order valence-electron chi connectivity index (χ1n) is 11.3. The summed E-state index contributed by atoms with van der Waals surface area (Å²) < 4.78 is 0. The molecule has 31 heavy (non-hydrogen) atoms. The Kier molecular flexibility index (Phi) is 6.56. The number of anilines is 1. The topological polar surface area (TPSA) is 73.5 Å². The Morgan fingerprint density at radius 3 is 2.45 bits per heavy atom. The molecule has 3 N–H and O–H groups in total. The van der Waals surface area contributed by atoms with Gasteiger partial charge in [-0.3, -0.25) is 9.69 Å². The molecular formula is C25H32N4O2. The van der Waals surface area contributed by atoms with E-state index >= 15 is 0 Å². The van der Waals surface area contributed by atoms with Crippen LogP contribution in [0.25, 0.3) is 0 Å². The van der Waals surface area contributed by atoms with Crippen LogP contribution in [0.1, 0.15) is 49.4 Å². The quantitative estimate of drug-likeness (QED) is 0.637. The summed E-state index contributed by atoms with van der Waals surface area (Å²) in [5, 5.41) is 8.95. The number of urea groups is 1. The molecule has 1 fully saturated rings. The molecule has 2 aromatic carbocycles. The van der Waals surface area contributed by atoms with Crippen molar-refractivity contribution in [1.29, 1.82) is 0 Å². The minimum atomic E-state index is -0.164. The molecule has 2 aliphatic rings.